The highest BCUT2D eigenvalue weighted by atomic mass is 32.2. The predicted molar refractivity (Wildman–Crippen MR) is 64.9 cm³/mol. The molecule has 0 bridgehead atoms. The van der Waals surface area contributed by atoms with Crippen LogP contribution in [0.4, 0.5) is 23.4 Å². The van der Waals surface area contributed by atoms with Gasteiger partial charge in [0.25, 0.3) is 5.69 Å². The van der Waals surface area contributed by atoms with Gasteiger partial charge in [0, 0.05) is 22.2 Å². The van der Waals surface area contributed by atoms with Crippen LogP contribution in [0.1, 0.15) is 5.56 Å². The molecule has 0 fully saturated rings. The molecule has 0 aliphatic heterocycles. The van der Waals surface area contributed by atoms with E-state index in [0.29, 0.717) is 18.2 Å². The second-order valence-electron chi connectivity index (χ2n) is 3.69. The first-order valence-electron chi connectivity index (χ1n) is 5.28. The Morgan fingerprint density at radius 3 is 2.39 bits per heavy atom. The standard InChI is InChI=1S/C10H5F4NO7S/c11-10(12,13)23(19,20)22-8-5-7(15(17)18)3-1-6(8)2-4-9(16)21-14/h1-5H/b4-2+. The Morgan fingerprint density at radius 2 is 1.91 bits per heavy atom. The Balaban J connectivity index is 3.35. The van der Waals surface area contributed by atoms with Gasteiger partial charge in [-0.3, -0.25) is 15.1 Å². The first-order valence-corrected chi connectivity index (χ1v) is 6.68. The van der Waals surface area contributed by atoms with Gasteiger partial charge in [0.1, 0.15) is 0 Å². The van der Waals surface area contributed by atoms with Crippen LogP contribution in [0.5, 0.6) is 5.75 Å². The van der Waals surface area contributed by atoms with Gasteiger partial charge >= 0.3 is 21.6 Å². The first-order chi connectivity index (χ1) is 10.5. The summed E-state index contributed by atoms with van der Waals surface area (Å²) in [7, 11) is -6.11. The summed E-state index contributed by atoms with van der Waals surface area (Å²) in [6.45, 7) is 0. The van der Waals surface area contributed by atoms with E-state index in [-0.39, 0.29) is 0 Å². The highest BCUT2D eigenvalue weighted by Crippen LogP contribution is 2.32. The van der Waals surface area contributed by atoms with Crippen molar-refractivity contribution in [1.29, 1.82) is 0 Å². The summed E-state index contributed by atoms with van der Waals surface area (Å²) in [6.07, 6.45) is 1.04. The summed E-state index contributed by atoms with van der Waals surface area (Å²) < 4.78 is 74.1. The maximum atomic E-state index is 12.3. The minimum Gasteiger partial charge on any atom is -0.375 e. The number of benzene rings is 1. The van der Waals surface area contributed by atoms with Gasteiger partial charge in [-0.05, 0) is 12.1 Å². The average Bonchev–Trinajstić information content (AvgIpc) is 2.43. The van der Waals surface area contributed by atoms with Crippen LogP contribution in [0.2, 0.25) is 0 Å². The van der Waals surface area contributed by atoms with E-state index in [1.165, 1.54) is 0 Å². The van der Waals surface area contributed by atoms with E-state index < -0.39 is 43.5 Å². The van der Waals surface area contributed by atoms with Crippen molar-refractivity contribution < 1.29 is 45.0 Å². The van der Waals surface area contributed by atoms with Crippen LogP contribution in [0.15, 0.2) is 24.3 Å². The van der Waals surface area contributed by atoms with Crippen molar-refractivity contribution in [2.24, 2.45) is 0 Å². The highest BCUT2D eigenvalue weighted by Gasteiger charge is 2.48. The Labute approximate surface area is 125 Å². The molecule has 126 valence electrons. The van der Waals surface area contributed by atoms with Gasteiger partial charge in [-0.1, -0.05) is 0 Å². The van der Waals surface area contributed by atoms with Gasteiger partial charge in [-0.2, -0.15) is 21.6 Å². The topological polar surface area (TPSA) is 113 Å². The summed E-state index contributed by atoms with van der Waals surface area (Å²) in [5.41, 5.74) is -7.03. The molecule has 0 saturated heterocycles. The molecule has 0 aromatic heterocycles. The molecule has 23 heavy (non-hydrogen) atoms. The van der Waals surface area contributed by atoms with Gasteiger partial charge in [0.05, 0.1) is 11.0 Å². The van der Waals surface area contributed by atoms with Gasteiger partial charge in [0.2, 0.25) is 0 Å². The van der Waals surface area contributed by atoms with E-state index in [1.807, 2.05) is 0 Å². The van der Waals surface area contributed by atoms with E-state index in [2.05, 4.69) is 9.12 Å². The molecule has 1 aromatic carbocycles. The van der Waals surface area contributed by atoms with Gasteiger partial charge in [-0.25, -0.2) is 4.79 Å². The number of hydrogen-bond donors (Lipinski definition) is 0. The molecule has 0 aliphatic carbocycles. The van der Waals surface area contributed by atoms with Gasteiger partial charge < -0.3 is 4.18 Å². The number of carbonyl (C=O) groups excluding carboxylic acids is 1. The molecule has 1 rings (SSSR count). The van der Waals surface area contributed by atoms with Crippen LogP contribution in [0.25, 0.3) is 6.08 Å². The second kappa shape index (κ2) is 6.60. The fraction of sp³-hybridized carbons (Fsp3) is 0.100. The van der Waals surface area contributed by atoms with Crippen molar-refractivity contribution in [3.05, 3.63) is 40.0 Å². The van der Waals surface area contributed by atoms with Crippen molar-refractivity contribution >= 4 is 27.9 Å². The Bertz CT molecular complexity index is 757. The number of hydrogen-bond acceptors (Lipinski definition) is 7. The number of non-ortho nitro benzene ring substituents is 1. The van der Waals surface area contributed by atoms with Crippen molar-refractivity contribution in [3.63, 3.8) is 0 Å². The second-order valence-corrected chi connectivity index (χ2v) is 5.23. The molecular weight excluding hydrogens is 354 g/mol. The Morgan fingerprint density at radius 1 is 1.30 bits per heavy atom. The zero-order chi connectivity index (χ0) is 17.8. The zero-order valence-electron chi connectivity index (χ0n) is 10.6. The third-order valence-electron chi connectivity index (χ3n) is 2.17. The molecule has 13 heteroatoms. The Kier molecular flexibility index (Phi) is 5.26. The summed E-state index contributed by atoms with van der Waals surface area (Å²) in [5, 5.41) is 10.6. The summed E-state index contributed by atoms with van der Waals surface area (Å²) in [4.78, 5) is 22.9. The summed E-state index contributed by atoms with van der Waals surface area (Å²) in [6, 6.07) is 1.98. The number of halogens is 4. The van der Waals surface area contributed by atoms with E-state index >= 15 is 0 Å². The van der Waals surface area contributed by atoms with Crippen molar-refractivity contribution in [2.45, 2.75) is 5.51 Å². The quantitative estimate of drug-likeness (QED) is 0.198. The SMILES string of the molecule is O=C(/C=C/c1ccc([N+](=O)[O-])cc1OS(=O)(=O)C(F)(F)F)OF. The number of alkyl halides is 3. The Hall–Kier alpha value is -2.70. The van der Waals surface area contributed by atoms with Crippen LogP contribution >= 0.6 is 0 Å². The van der Waals surface area contributed by atoms with Crippen molar-refractivity contribution in [3.8, 4) is 5.75 Å². The largest absolute Gasteiger partial charge is 0.534 e. The zero-order valence-corrected chi connectivity index (χ0v) is 11.4. The van der Waals surface area contributed by atoms with Crippen LogP contribution < -0.4 is 4.18 Å². The molecule has 0 amide bonds. The fourth-order valence-corrected chi connectivity index (χ4v) is 1.67. The predicted octanol–water partition coefficient (Wildman–Crippen LogP) is 2.26. The van der Waals surface area contributed by atoms with E-state index in [9.17, 15) is 41.0 Å². The van der Waals surface area contributed by atoms with Crippen LogP contribution in [0.3, 0.4) is 0 Å². The number of nitro benzene ring substituents is 1. The monoisotopic (exact) mass is 359 g/mol. The average molecular weight is 359 g/mol. The van der Waals surface area contributed by atoms with Gasteiger partial charge in [0.15, 0.2) is 5.75 Å². The lowest BCUT2D eigenvalue weighted by atomic mass is 10.1. The molecular formula is C10H5F4NO7S. The molecule has 0 saturated carbocycles. The lowest BCUT2D eigenvalue weighted by molar-refractivity contribution is -0.384. The minimum absolute atomic E-state index is 0.393. The number of nitro groups is 1. The third-order valence-corrected chi connectivity index (χ3v) is 3.13. The maximum Gasteiger partial charge on any atom is 0.534 e. The lowest BCUT2D eigenvalue weighted by Crippen LogP contribution is -2.28. The number of rotatable bonds is 5. The summed E-state index contributed by atoms with van der Waals surface area (Å²) >= 11 is 0. The fourth-order valence-electron chi connectivity index (χ4n) is 1.20. The lowest BCUT2D eigenvalue weighted by Gasteiger charge is -2.11. The molecule has 0 aliphatic rings. The van der Waals surface area contributed by atoms with Crippen molar-refractivity contribution in [2.75, 3.05) is 0 Å². The molecule has 0 spiro atoms. The molecule has 0 unspecified atom stereocenters. The molecule has 0 radical (unpaired) electrons. The van der Waals surface area contributed by atoms with Crippen LogP contribution in [-0.4, -0.2) is 24.8 Å². The van der Waals surface area contributed by atoms with E-state index in [1.54, 1.807) is 0 Å². The smallest absolute Gasteiger partial charge is 0.375 e. The molecule has 0 N–H and O–H groups in total. The van der Waals surface area contributed by atoms with Crippen LogP contribution in [0, 0.1) is 10.1 Å². The number of nitrogens with zero attached hydrogens (tertiary/aromatic N) is 1. The molecule has 1 aromatic rings. The molecule has 0 heterocycles. The third kappa shape index (κ3) is 4.64. The van der Waals surface area contributed by atoms with E-state index in [4.69, 9.17) is 0 Å². The first kappa shape index (κ1) is 18.3. The maximum absolute atomic E-state index is 12.3. The molecule has 0 atom stereocenters. The van der Waals surface area contributed by atoms with Crippen molar-refractivity contribution in [1.82, 2.24) is 0 Å². The normalized spacial score (nSPS) is 12.2. The highest BCUT2D eigenvalue weighted by molar-refractivity contribution is 7.88. The molecule has 8 nitrogen and oxygen atoms in total. The minimum atomic E-state index is -6.11. The van der Waals surface area contributed by atoms with Gasteiger partial charge in [-0.15, -0.1) is 0 Å². The van der Waals surface area contributed by atoms with Crippen LogP contribution in [-0.2, 0) is 19.9 Å². The van der Waals surface area contributed by atoms with E-state index in [0.717, 1.165) is 12.1 Å². The summed E-state index contributed by atoms with van der Waals surface area (Å²) in [5.74, 6) is -2.63. The number of carbonyl (C=O) groups is 1.